The minimum atomic E-state index is -0.294. The van der Waals surface area contributed by atoms with E-state index in [4.69, 9.17) is 15.9 Å². The Morgan fingerprint density at radius 3 is 3.00 bits per heavy atom. The molecule has 0 saturated carbocycles. The Balaban J connectivity index is 1.93. The van der Waals surface area contributed by atoms with Crippen molar-refractivity contribution >= 4 is 5.84 Å². The summed E-state index contributed by atoms with van der Waals surface area (Å²) in [7, 11) is 0. The molecule has 6 heteroatoms. The van der Waals surface area contributed by atoms with Crippen LogP contribution in [0.2, 0.25) is 0 Å². The molecule has 2 heterocycles. The number of hydrogen-bond donors (Lipinski definition) is 2. The fourth-order valence-corrected chi connectivity index (χ4v) is 1.65. The van der Waals surface area contributed by atoms with E-state index in [9.17, 15) is 0 Å². The summed E-state index contributed by atoms with van der Waals surface area (Å²) in [5.74, 6) is 0.866. The van der Waals surface area contributed by atoms with E-state index in [2.05, 4.69) is 14.9 Å². The summed E-state index contributed by atoms with van der Waals surface area (Å²) in [6.07, 6.45) is 3.16. The van der Waals surface area contributed by atoms with Gasteiger partial charge in [0, 0.05) is 25.5 Å². The van der Waals surface area contributed by atoms with Gasteiger partial charge in [0.1, 0.15) is 17.8 Å². The maximum atomic E-state index is 7.35. The normalized spacial score (nSPS) is 21.9. The molecule has 1 aliphatic rings. The lowest BCUT2D eigenvalue weighted by atomic mass is 10.2. The molecule has 0 aromatic carbocycles. The number of morpholine rings is 1. The van der Waals surface area contributed by atoms with Crippen LogP contribution < -0.4 is 5.73 Å². The summed E-state index contributed by atoms with van der Waals surface area (Å²) >= 11 is 0. The van der Waals surface area contributed by atoms with Gasteiger partial charge in [-0.2, -0.15) is 0 Å². The summed E-state index contributed by atoms with van der Waals surface area (Å²) < 4.78 is 5.38. The maximum Gasteiger partial charge on any atom is 0.142 e. The first kappa shape index (κ1) is 11.0. The first-order valence-corrected chi connectivity index (χ1v) is 5.19. The highest BCUT2D eigenvalue weighted by molar-refractivity contribution is 5.82. The quantitative estimate of drug-likeness (QED) is 0.536. The standard InChI is InChI=1S/C10H15N5O/c11-10(12)8-6-15(4-5-16-8)7-9-13-2-1-3-14-9/h1-3,8H,4-7H2,(H3,11,12). The van der Waals surface area contributed by atoms with Crippen molar-refractivity contribution < 1.29 is 4.74 Å². The molecule has 1 aliphatic heterocycles. The van der Waals surface area contributed by atoms with Gasteiger partial charge in [-0.15, -0.1) is 0 Å². The topological polar surface area (TPSA) is 88.1 Å². The molecular weight excluding hydrogens is 206 g/mol. The SMILES string of the molecule is N=C(N)C1CN(Cc2ncccn2)CCO1. The number of nitrogens with one attached hydrogen (secondary N) is 1. The second kappa shape index (κ2) is 5.00. The molecule has 0 bridgehead atoms. The largest absolute Gasteiger partial charge is 0.385 e. The van der Waals surface area contributed by atoms with E-state index >= 15 is 0 Å². The second-order valence-corrected chi connectivity index (χ2v) is 3.71. The van der Waals surface area contributed by atoms with E-state index in [1.54, 1.807) is 18.5 Å². The molecule has 1 aromatic rings. The third-order valence-electron chi connectivity index (χ3n) is 2.48. The molecule has 2 rings (SSSR count). The van der Waals surface area contributed by atoms with E-state index in [0.29, 0.717) is 19.7 Å². The van der Waals surface area contributed by atoms with Crippen LogP contribution in [0, 0.1) is 5.41 Å². The zero-order valence-corrected chi connectivity index (χ0v) is 8.97. The van der Waals surface area contributed by atoms with Gasteiger partial charge in [0.15, 0.2) is 0 Å². The molecule has 0 amide bonds. The third kappa shape index (κ3) is 2.74. The fraction of sp³-hybridized carbons (Fsp3) is 0.500. The van der Waals surface area contributed by atoms with Gasteiger partial charge in [-0.1, -0.05) is 0 Å². The van der Waals surface area contributed by atoms with Crippen molar-refractivity contribution in [2.45, 2.75) is 12.6 Å². The Labute approximate surface area is 94.0 Å². The Bertz CT molecular complexity index is 355. The van der Waals surface area contributed by atoms with Crippen LogP contribution in [0.15, 0.2) is 18.5 Å². The van der Waals surface area contributed by atoms with Gasteiger partial charge in [0.2, 0.25) is 0 Å². The Kier molecular flexibility index (Phi) is 3.43. The van der Waals surface area contributed by atoms with Crippen LogP contribution in [-0.4, -0.2) is 46.5 Å². The fourth-order valence-electron chi connectivity index (χ4n) is 1.65. The smallest absolute Gasteiger partial charge is 0.142 e. The number of hydrogen-bond acceptors (Lipinski definition) is 5. The number of rotatable bonds is 3. The molecular formula is C10H15N5O. The van der Waals surface area contributed by atoms with E-state index in [-0.39, 0.29) is 11.9 Å². The molecule has 1 aromatic heterocycles. The Hall–Kier alpha value is -1.53. The first-order chi connectivity index (χ1) is 7.75. The predicted octanol–water partition coefficient (Wildman–Crippen LogP) is -0.387. The molecule has 0 radical (unpaired) electrons. The average molecular weight is 221 g/mol. The third-order valence-corrected chi connectivity index (χ3v) is 2.48. The van der Waals surface area contributed by atoms with Gasteiger partial charge in [-0.25, -0.2) is 9.97 Å². The zero-order valence-electron chi connectivity index (χ0n) is 8.97. The monoisotopic (exact) mass is 221 g/mol. The van der Waals surface area contributed by atoms with Crippen LogP contribution in [0.4, 0.5) is 0 Å². The van der Waals surface area contributed by atoms with Gasteiger partial charge in [0.25, 0.3) is 0 Å². The first-order valence-electron chi connectivity index (χ1n) is 5.19. The van der Waals surface area contributed by atoms with Gasteiger partial charge < -0.3 is 10.5 Å². The van der Waals surface area contributed by atoms with Crippen LogP contribution >= 0.6 is 0 Å². The van der Waals surface area contributed by atoms with Gasteiger partial charge in [0.05, 0.1) is 13.2 Å². The lowest BCUT2D eigenvalue weighted by molar-refractivity contribution is 0.00143. The number of amidine groups is 1. The zero-order chi connectivity index (χ0) is 11.4. The van der Waals surface area contributed by atoms with E-state index < -0.39 is 0 Å². The number of nitrogens with zero attached hydrogens (tertiary/aromatic N) is 3. The van der Waals surface area contributed by atoms with Crippen molar-refractivity contribution in [3.8, 4) is 0 Å². The molecule has 1 saturated heterocycles. The minimum absolute atomic E-state index is 0.0821. The molecule has 0 aliphatic carbocycles. The van der Waals surface area contributed by atoms with Crippen LogP contribution in [0.1, 0.15) is 5.82 Å². The van der Waals surface area contributed by atoms with Crippen LogP contribution in [0.25, 0.3) is 0 Å². The van der Waals surface area contributed by atoms with Crippen LogP contribution in [0.5, 0.6) is 0 Å². The Morgan fingerprint density at radius 2 is 2.31 bits per heavy atom. The van der Waals surface area contributed by atoms with Crippen molar-refractivity contribution in [3.63, 3.8) is 0 Å². The van der Waals surface area contributed by atoms with Crippen molar-refractivity contribution in [3.05, 3.63) is 24.3 Å². The molecule has 1 unspecified atom stereocenters. The highest BCUT2D eigenvalue weighted by Crippen LogP contribution is 2.07. The number of nitrogens with two attached hydrogens (primary N) is 1. The summed E-state index contributed by atoms with van der Waals surface area (Å²) in [5, 5.41) is 7.35. The average Bonchev–Trinajstić information content (AvgIpc) is 2.30. The minimum Gasteiger partial charge on any atom is -0.385 e. The molecule has 6 nitrogen and oxygen atoms in total. The van der Waals surface area contributed by atoms with E-state index in [1.165, 1.54) is 0 Å². The number of ether oxygens (including phenoxy) is 1. The van der Waals surface area contributed by atoms with Crippen LogP contribution in [-0.2, 0) is 11.3 Å². The summed E-state index contributed by atoms with van der Waals surface area (Å²) in [5.41, 5.74) is 5.42. The van der Waals surface area contributed by atoms with Gasteiger partial charge in [-0.05, 0) is 6.07 Å². The summed E-state index contributed by atoms with van der Waals surface area (Å²) in [4.78, 5) is 10.5. The molecule has 0 spiro atoms. The highest BCUT2D eigenvalue weighted by Gasteiger charge is 2.22. The van der Waals surface area contributed by atoms with E-state index in [1.807, 2.05) is 0 Å². The number of aromatic nitrogens is 2. The van der Waals surface area contributed by atoms with Crippen molar-refractivity contribution in [1.82, 2.24) is 14.9 Å². The molecule has 16 heavy (non-hydrogen) atoms. The lowest BCUT2D eigenvalue weighted by Crippen LogP contribution is -2.47. The second-order valence-electron chi connectivity index (χ2n) is 3.71. The van der Waals surface area contributed by atoms with Crippen LogP contribution in [0.3, 0.4) is 0 Å². The molecule has 3 N–H and O–H groups in total. The summed E-state index contributed by atoms with van der Waals surface area (Å²) in [6, 6.07) is 1.79. The predicted molar refractivity (Wildman–Crippen MR) is 59.0 cm³/mol. The van der Waals surface area contributed by atoms with E-state index in [0.717, 1.165) is 12.4 Å². The maximum absolute atomic E-state index is 7.35. The molecule has 1 atom stereocenters. The summed E-state index contributed by atoms with van der Waals surface area (Å²) in [6.45, 7) is 2.72. The highest BCUT2D eigenvalue weighted by atomic mass is 16.5. The van der Waals surface area contributed by atoms with Crippen molar-refractivity contribution in [2.24, 2.45) is 5.73 Å². The van der Waals surface area contributed by atoms with Gasteiger partial charge in [-0.3, -0.25) is 10.3 Å². The van der Waals surface area contributed by atoms with Crippen molar-refractivity contribution in [1.29, 1.82) is 5.41 Å². The lowest BCUT2D eigenvalue weighted by Gasteiger charge is -2.31. The molecule has 1 fully saturated rings. The van der Waals surface area contributed by atoms with Gasteiger partial charge >= 0.3 is 0 Å². The van der Waals surface area contributed by atoms with Crippen molar-refractivity contribution in [2.75, 3.05) is 19.7 Å². The molecule has 86 valence electrons. The Morgan fingerprint density at radius 1 is 1.56 bits per heavy atom.